The average molecular weight is 287 g/mol. The van der Waals surface area contributed by atoms with E-state index in [9.17, 15) is 0 Å². The molecule has 0 aliphatic carbocycles. The molecule has 0 radical (unpaired) electrons. The van der Waals surface area contributed by atoms with Crippen molar-refractivity contribution in [3.05, 3.63) is 65.2 Å². The van der Waals surface area contributed by atoms with E-state index in [4.69, 9.17) is 17.3 Å². The van der Waals surface area contributed by atoms with Crippen LogP contribution < -0.4 is 10.6 Å². The highest BCUT2D eigenvalue weighted by atomic mass is 35.5. The van der Waals surface area contributed by atoms with Gasteiger partial charge in [0.25, 0.3) is 0 Å². The molecule has 0 amide bonds. The van der Waals surface area contributed by atoms with Crippen LogP contribution in [-0.4, -0.2) is 19.1 Å². The van der Waals surface area contributed by atoms with Gasteiger partial charge in [-0.05, 0) is 36.2 Å². The SMILES string of the molecule is NC1CC(c2cccc(Cl)c2)CN(c2ccccc2)C1. The van der Waals surface area contributed by atoms with Crippen LogP contribution in [0, 0.1) is 0 Å². The lowest BCUT2D eigenvalue weighted by molar-refractivity contribution is 0.454. The Balaban J connectivity index is 1.83. The van der Waals surface area contributed by atoms with Gasteiger partial charge in [-0.15, -0.1) is 0 Å². The van der Waals surface area contributed by atoms with Crippen LogP contribution in [0.4, 0.5) is 5.69 Å². The fourth-order valence-electron chi connectivity index (χ4n) is 2.99. The first kappa shape index (κ1) is 13.5. The summed E-state index contributed by atoms with van der Waals surface area (Å²) < 4.78 is 0. The van der Waals surface area contributed by atoms with Gasteiger partial charge in [0.05, 0.1) is 0 Å². The lowest BCUT2D eigenvalue weighted by Gasteiger charge is -2.38. The zero-order chi connectivity index (χ0) is 13.9. The summed E-state index contributed by atoms with van der Waals surface area (Å²) in [6.45, 7) is 1.92. The van der Waals surface area contributed by atoms with Gasteiger partial charge in [-0.1, -0.05) is 41.9 Å². The van der Waals surface area contributed by atoms with Gasteiger partial charge in [0.15, 0.2) is 0 Å². The molecular weight excluding hydrogens is 268 g/mol. The number of nitrogens with two attached hydrogens (primary N) is 1. The van der Waals surface area contributed by atoms with Gasteiger partial charge >= 0.3 is 0 Å². The van der Waals surface area contributed by atoms with E-state index >= 15 is 0 Å². The van der Waals surface area contributed by atoms with Crippen LogP contribution in [0.25, 0.3) is 0 Å². The predicted molar refractivity (Wildman–Crippen MR) is 85.4 cm³/mol. The average Bonchev–Trinajstić information content (AvgIpc) is 2.47. The fraction of sp³-hybridized carbons (Fsp3) is 0.294. The van der Waals surface area contributed by atoms with Gasteiger partial charge in [-0.3, -0.25) is 0 Å². The number of rotatable bonds is 2. The van der Waals surface area contributed by atoms with Crippen LogP contribution in [0.3, 0.4) is 0 Å². The third kappa shape index (κ3) is 2.97. The molecule has 20 heavy (non-hydrogen) atoms. The molecule has 0 bridgehead atoms. The van der Waals surface area contributed by atoms with Crippen molar-refractivity contribution in [1.29, 1.82) is 0 Å². The summed E-state index contributed by atoms with van der Waals surface area (Å²) in [6.07, 6.45) is 1.02. The lowest BCUT2D eigenvalue weighted by Crippen LogP contribution is -2.46. The Labute approximate surface area is 125 Å². The van der Waals surface area contributed by atoms with E-state index in [1.807, 2.05) is 18.2 Å². The molecule has 0 saturated carbocycles. The van der Waals surface area contributed by atoms with Crippen molar-refractivity contribution in [3.63, 3.8) is 0 Å². The van der Waals surface area contributed by atoms with Crippen molar-refractivity contribution in [2.45, 2.75) is 18.4 Å². The van der Waals surface area contributed by atoms with Gasteiger partial charge in [-0.2, -0.15) is 0 Å². The number of benzene rings is 2. The van der Waals surface area contributed by atoms with Crippen LogP contribution >= 0.6 is 11.6 Å². The summed E-state index contributed by atoms with van der Waals surface area (Å²) in [5.74, 6) is 0.442. The molecule has 1 aliphatic heterocycles. The summed E-state index contributed by atoms with van der Waals surface area (Å²) in [5, 5.41) is 0.799. The van der Waals surface area contributed by atoms with Crippen LogP contribution in [0.5, 0.6) is 0 Å². The summed E-state index contributed by atoms with van der Waals surface area (Å²) in [5.41, 5.74) is 8.78. The molecule has 2 atom stereocenters. The highest BCUT2D eigenvalue weighted by Crippen LogP contribution is 2.30. The number of anilines is 1. The van der Waals surface area contributed by atoms with Crippen molar-refractivity contribution >= 4 is 17.3 Å². The Kier molecular flexibility index (Phi) is 3.95. The van der Waals surface area contributed by atoms with Crippen molar-refractivity contribution in [3.8, 4) is 0 Å². The van der Waals surface area contributed by atoms with Gasteiger partial charge < -0.3 is 10.6 Å². The van der Waals surface area contributed by atoms with E-state index in [0.717, 1.165) is 24.5 Å². The van der Waals surface area contributed by atoms with Crippen molar-refractivity contribution < 1.29 is 0 Å². The smallest absolute Gasteiger partial charge is 0.0408 e. The Bertz CT molecular complexity index is 570. The standard InChI is InChI=1S/C17H19ClN2/c18-15-6-4-5-13(9-15)14-10-16(19)12-20(11-14)17-7-2-1-3-8-17/h1-9,14,16H,10-12,19H2. The first-order valence-electron chi connectivity index (χ1n) is 7.03. The summed E-state index contributed by atoms with van der Waals surface area (Å²) >= 11 is 6.11. The normalized spacial score (nSPS) is 22.8. The Morgan fingerprint density at radius 2 is 1.80 bits per heavy atom. The topological polar surface area (TPSA) is 29.3 Å². The molecule has 2 N–H and O–H groups in total. The second kappa shape index (κ2) is 5.86. The lowest BCUT2D eigenvalue weighted by atomic mass is 9.88. The molecule has 2 aromatic rings. The molecule has 0 aromatic heterocycles. The zero-order valence-corrected chi connectivity index (χ0v) is 12.1. The number of piperidine rings is 1. The van der Waals surface area contributed by atoms with E-state index in [2.05, 4.69) is 41.3 Å². The van der Waals surface area contributed by atoms with E-state index in [1.165, 1.54) is 11.3 Å². The molecule has 2 unspecified atom stereocenters. The number of hydrogen-bond donors (Lipinski definition) is 1. The summed E-state index contributed by atoms with van der Waals surface area (Å²) in [7, 11) is 0. The van der Waals surface area contributed by atoms with Gasteiger partial charge in [0.1, 0.15) is 0 Å². The third-order valence-electron chi connectivity index (χ3n) is 3.92. The molecule has 1 aliphatic rings. The molecule has 2 nitrogen and oxygen atoms in total. The molecule has 1 heterocycles. The molecular formula is C17H19ClN2. The summed E-state index contributed by atoms with van der Waals surface area (Å²) in [6, 6.07) is 18.8. The van der Waals surface area contributed by atoms with E-state index in [1.54, 1.807) is 0 Å². The van der Waals surface area contributed by atoms with E-state index in [-0.39, 0.29) is 6.04 Å². The second-order valence-electron chi connectivity index (χ2n) is 5.49. The highest BCUT2D eigenvalue weighted by Gasteiger charge is 2.26. The van der Waals surface area contributed by atoms with Crippen LogP contribution in [0.1, 0.15) is 17.9 Å². The minimum Gasteiger partial charge on any atom is -0.369 e. The number of para-hydroxylation sites is 1. The first-order valence-corrected chi connectivity index (χ1v) is 7.41. The predicted octanol–water partition coefficient (Wildman–Crippen LogP) is 3.66. The molecule has 1 fully saturated rings. The zero-order valence-electron chi connectivity index (χ0n) is 11.4. The number of hydrogen-bond acceptors (Lipinski definition) is 2. The maximum absolute atomic E-state index is 6.25. The first-order chi connectivity index (χ1) is 9.72. The molecule has 0 spiro atoms. The number of nitrogens with zero attached hydrogens (tertiary/aromatic N) is 1. The Hall–Kier alpha value is -1.51. The Morgan fingerprint density at radius 3 is 2.55 bits per heavy atom. The van der Waals surface area contributed by atoms with Crippen LogP contribution in [-0.2, 0) is 0 Å². The molecule has 3 heteroatoms. The Morgan fingerprint density at radius 1 is 1.00 bits per heavy atom. The molecule has 1 saturated heterocycles. The van der Waals surface area contributed by atoms with Crippen LogP contribution in [0.15, 0.2) is 54.6 Å². The van der Waals surface area contributed by atoms with E-state index < -0.39 is 0 Å². The van der Waals surface area contributed by atoms with Crippen molar-refractivity contribution in [2.24, 2.45) is 5.73 Å². The van der Waals surface area contributed by atoms with Gasteiger partial charge in [0.2, 0.25) is 0 Å². The maximum atomic E-state index is 6.25. The van der Waals surface area contributed by atoms with E-state index in [0.29, 0.717) is 5.92 Å². The third-order valence-corrected chi connectivity index (χ3v) is 4.16. The molecule has 2 aromatic carbocycles. The minimum atomic E-state index is 0.202. The minimum absolute atomic E-state index is 0.202. The van der Waals surface area contributed by atoms with Gasteiger partial charge in [0, 0.05) is 35.8 Å². The van der Waals surface area contributed by atoms with Crippen LogP contribution in [0.2, 0.25) is 5.02 Å². The molecule has 3 rings (SSSR count). The highest BCUT2D eigenvalue weighted by molar-refractivity contribution is 6.30. The maximum Gasteiger partial charge on any atom is 0.0408 e. The van der Waals surface area contributed by atoms with Crippen molar-refractivity contribution in [1.82, 2.24) is 0 Å². The fourth-order valence-corrected chi connectivity index (χ4v) is 3.19. The quantitative estimate of drug-likeness (QED) is 0.913. The largest absolute Gasteiger partial charge is 0.369 e. The second-order valence-corrected chi connectivity index (χ2v) is 5.92. The van der Waals surface area contributed by atoms with Gasteiger partial charge in [-0.25, -0.2) is 0 Å². The molecule has 104 valence electrons. The summed E-state index contributed by atoms with van der Waals surface area (Å²) in [4.78, 5) is 2.37. The number of halogens is 1. The van der Waals surface area contributed by atoms with Crippen molar-refractivity contribution in [2.75, 3.05) is 18.0 Å². The monoisotopic (exact) mass is 286 g/mol.